The average Bonchev–Trinajstić information content (AvgIpc) is 3.76. The number of thiophene rings is 1. The number of aryl methyl sites for hydroxylation is 1. The predicted octanol–water partition coefficient (Wildman–Crippen LogP) is 14.8. The Kier molecular flexibility index (Phi) is 14.2. The van der Waals surface area contributed by atoms with Crippen molar-refractivity contribution in [3.63, 3.8) is 0 Å². The van der Waals surface area contributed by atoms with Crippen LogP contribution in [-0.4, -0.2) is 15.9 Å². The molecule has 0 saturated heterocycles. The summed E-state index contributed by atoms with van der Waals surface area (Å²) < 4.78 is 6.13. The zero-order chi connectivity index (χ0) is 39.6. The first-order valence-electron chi connectivity index (χ1n) is 19.8. The second kappa shape index (κ2) is 17.7. The number of ketones is 1. The van der Waals surface area contributed by atoms with Crippen LogP contribution in [0.15, 0.2) is 82.3 Å². The molecule has 295 valence electrons. The SMILES string of the molecule is CCC(C)(CC)C(=O)/C=C(\O)C(C)(CC)CC.Cc1oc2ccc(-c3cc(-c4[c-]c5ccccc5c(C(C)(C)C)c4)nc4sccc34)cc2c1CC(C)C.[Ir]. The van der Waals surface area contributed by atoms with Gasteiger partial charge in [-0.15, -0.1) is 40.5 Å². The smallest absolute Gasteiger partial charge is 0.164 e. The van der Waals surface area contributed by atoms with E-state index < -0.39 is 0 Å². The van der Waals surface area contributed by atoms with Gasteiger partial charge in [0, 0.05) is 59.0 Å². The monoisotopic (exact) mass is 935 g/mol. The molecule has 6 aromatic rings. The third kappa shape index (κ3) is 9.36. The Morgan fingerprint density at radius 1 is 0.873 bits per heavy atom. The summed E-state index contributed by atoms with van der Waals surface area (Å²) in [6.45, 7) is 25.5. The maximum absolute atomic E-state index is 12.2. The van der Waals surface area contributed by atoms with Gasteiger partial charge in [0.1, 0.15) is 21.9 Å². The molecule has 6 rings (SSSR count). The number of pyridine rings is 1. The van der Waals surface area contributed by atoms with Crippen LogP contribution in [0.2, 0.25) is 0 Å². The van der Waals surface area contributed by atoms with Gasteiger partial charge in [-0.25, -0.2) is 0 Å². The largest absolute Gasteiger partial charge is 0.512 e. The number of aliphatic hydroxyl groups is 1. The number of nitrogens with zero attached hydrogens (tertiary/aromatic N) is 1. The van der Waals surface area contributed by atoms with Crippen molar-refractivity contribution in [3.05, 3.63) is 101 Å². The normalized spacial score (nSPS) is 12.6. The van der Waals surface area contributed by atoms with Gasteiger partial charge in [0.15, 0.2) is 5.78 Å². The van der Waals surface area contributed by atoms with Crippen molar-refractivity contribution in [2.75, 3.05) is 0 Å². The molecule has 4 nitrogen and oxygen atoms in total. The summed E-state index contributed by atoms with van der Waals surface area (Å²) in [6, 6.07) is 25.6. The minimum atomic E-state index is -0.337. The van der Waals surface area contributed by atoms with E-state index >= 15 is 0 Å². The summed E-state index contributed by atoms with van der Waals surface area (Å²) in [6.07, 6.45) is 5.77. The number of allylic oxidation sites excluding steroid dienone is 2. The Morgan fingerprint density at radius 3 is 2.15 bits per heavy atom. The molecule has 6 heteroatoms. The number of hydrogen-bond acceptors (Lipinski definition) is 5. The number of hydrogen-bond donors (Lipinski definition) is 1. The number of carbonyl (C=O) groups excluding carboxylic acids is 1. The van der Waals surface area contributed by atoms with Gasteiger partial charge in [0.25, 0.3) is 0 Å². The van der Waals surface area contributed by atoms with Crippen molar-refractivity contribution in [1.29, 1.82) is 0 Å². The summed E-state index contributed by atoms with van der Waals surface area (Å²) in [5.41, 5.74) is 7.42. The molecule has 55 heavy (non-hydrogen) atoms. The van der Waals surface area contributed by atoms with Crippen LogP contribution < -0.4 is 0 Å². The van der Waals surface area contributed by atoms with E-state index in [0.29, 0.717) is 5.92 Å². The van der Waals surface area contributed by atoms with Gasteiger partial charge in [-0.2, -0.15) is 0 Å². The first-order valence-corrected chi connectivity index (χ1v) is 20.7. The first-order chi connectivity index (χ1) is 25.5. The molecule has 1 N–H and O–H groups in total. The predicted molar refractivity (Wildman–Crippen MR) is 232 cm³/mol. The van der Waals surface area contributed by atoms with E-state index in [-0.39, 0.29) is 47.9 Å². The van der Waals surface area contributed by atoms with Crippen molar-refractivity contribution in [3.8, 4) is 22.4 Å². The van der Waals surface area contributed by atoms with Crippen LogP contribution in [0.3, 0.4) is 0 Å². The summed E-state index contributed by atoms with van der Waals surface area (Å²) in [7, 11) is 0. The topological polar surface area (TPSA) is 63.3 Å². The molecule has 3 aromatic heterocycles. The van der Waals surface area contributed by atoms with Crippen LogP contribution in [0.5, 0.6) is 0 Å². The van der Waals surface area contributed by atoms with Gasteiger partial charge in [-0.3, -0.25) is 9.78 Å². The number of benzene rings is 3. The number of aromatic nitrogens is 1. The fourth-order valence-corrected chi connectivity index (χ4v) is 7.89. The second-order valence-corrected chi connectivity index (χ2v) is 17.9. The maximum atomic E-state index is 12.2. The molecule has 0 amide bonds. The summed E-state index contributed by atoms with van der Waals surface area (Å²) in [5.74, 6) is 1.88. The molecule has 3 aromatic carbocycles. The Morgan fingerprint density at radius 2 is 1.53 bits per heavy atom. The van der Waals surface area contributed by atoms with Gasteiger partial charge in [-0.05, 0) is 85.1 Å². The molecule has 0 unspecified atom stereocenters. The molecule has 0 saturated carbocycles. The number of rotatable bonds is 11. The first kappa shape index (κ1) is 44.1. The molecule has 0 aliphatic rings. The van der Waals surface area contributed by atoms with Crippen molar-refractivity contribution in [1.82, 2.24) is 4.98 Å². The number of furan rings is 1. The van der Waals surface area contributed by atoms with Crippen LogP contribution in [0.1, 0.15) is 119 Å². The van der Waals surface area contributed by atoms with Gasteiger partial charge < -0.3 is 9.52 Å². The second-order valence-electron chi connectivity index (χ2n) is 17.0. The van der Waals surface area contributed by atoms with E-state index in [1.807, 2.05) is 41.5 Å². The van der Waals surface area contributed by atoms with Crippen LogP contribution in [0.4, 0.5) is 0 Å². The van der Waals surface area contributed by atoms with Gasteiger partial charge >= 0.3 is 0 Å². The van der Waals surface area contributed by atoms with Crippen LogP contribution >= 0.6 is 11.3 Å². The molecule has 3 heterocycles. The zero-order valence-corrected chi connectivity index (χ0v) is 38.2. The third-order valence-corrected chi connectivity index (χ3v) is 12.6. The quantitative estimate of drug-likeness (QED) is 0.0799. The standard InChI is InChI=1S/C34H32NOS.C15H28O2.Ir/c1-20(2)15-27-21(3)36-32-12-11-23(17-29(27)32)28-19-31(35-33-26(28)13-14-37-33)24-16-22-9-7-8-10-25(22)30(18-24)34(4,5)6;1-7-14(5,8-2)12(16)11-13(17)15(6,9-3)10-4;/h7-14,17-20H,15H2,1-6H3;11,16H,7-10H2,1-6H3;/q-1;;/b;12-11-;. The van der Waals surface area contributed by atoms with Crippen molar-refractivity contribution >= 4 is 49.1 Å². The van der Waals surface area contributed by atoms with E-state index in [1.165, 1.54) is 44.5 Å². The average molecular weight is 935 g/mol. The van der Waals surface area contributed by atoms with Crippen LogP contribution in [-0.2, 0) is 36.7 Å². The van der Waals surface area contributed by atoms with Gasteiger partial charge in [0.2, 0.25) is 0 Å². The van der Waals surface area contributed by atoms with E-state index in [9.17, 15) is 9.90 Å². The maximum Gasteiger partial charge on any atom is 0.164 e. The van der Waals surface area contributed by atoms with Crippen LogP contribution in [0, 0.1) is 29.7 Å². The number of fused-ring (bicyclic) bond motifs is 3. The Labute approximate surface area is 347 Å². The van der Waals surface area contributed by atoms with Gasteiger partial charge in [0.05, 0.1) is 0 Å². The molecular weight excluding hydrogens is 875 g/mol. The van der Waals surface area contributed by atoms with E-state index in [4.69, 9.17) is 9.40 Å². The number of aliphatic hydroxyl groups excluding tert-OH is 1. The molecule has 0 bridgehead atoms. The van der Waals surface area contributed by atoms with E-state index in [0.717, 1.165) is 64.9 Å². The van der Waals surface area contributed by atoms with E-state index in [2.05, 4.69) is 114 Å². The summed E-state index contributed by atoms with van der Waals surface area (Å²) in [4.78, 5) is 18.3. The fraction of sp³-hybridized carbons (Fsp3) is 0.429. The Balaban J connectivity index is 0.000000320. The molecule has 0 atom stereocenters. The summed E-state index contributed by atoms with van der Waals surface area (Å²) in [5, 5.41) is 17.1. The zero-order valence-electron chi connectivity index (χ0n) is 35.0. The van der Waals surface area contributed by atoms with Crippen molar-refractivity contribution in [2.24, 2.45) is 16.7 Å². The molecule has 0 spiro atoms. The van der Waals surface area contributed by atoms with Gasteiger partial charge in [-0.1, -0.05) is 117 Å². The molecule has 1 radical (unpaired) electrons. The minimum absolute atomic E-state index is 0. The Bertz CT molecular complexity index is 2290. The van der Waals surface area contributed by atoms with E-state index in [1.54, 1.807) is 11.3 Å². The number of carbonyl (C=O) groups is 1. The summed E-state index contributed by atoms with van der Waals surface area (Å²) >= 11 is 1.69. The van der Waals surface area contributed by atoms with Crippen LogP contribution in [0.25, 0.3) is 54.3 Å². The molecule has 0 aliphatic heterocycles. The van der Waals surface area contributed by atoms with Crippen molar-refractivity contribution < 1.29 is 34.4 Å². The molecular formula is C49H60IrNO3S-. The van der Waals surface area contributed by atoms with Crippen molar-refractivity contribution in [2.45, 2.75) is 121 Å². The third-order valence-electron chi connectivity index (χ3n) is 11.8. The fourth-order valence-electron chi connectivity index (χ4n) is 7.10. The minimum Gasteiger partial charge on any atom is -0.512 e. The molecule has 0 fully saturated rings. The molecule has 0 aliphatic carbocycles. The Hall–Kier alpha value is -3.57.